The van der Waals surface area contributed by atoms with E-state index in [4.69, 9.17) is 4.74 Å². The number of benzene rings is 2. The second-order valence-electron chi connectivity index (χ2n) is 5.88. The molecule has 2 aromatic carbocycles. The highest BCUT2D eigenvalue weighted by Crippen LogP contribution is 2.38. The van der Waals surface area contributed by atoms with Gasteiger partial charge in [0.2, 0.25) is 5.91 Å². The highest BCUT2D eigenvalue weighted by molar-refractivity contribution is 5.94. The third-order valence-corrected chi connectivity index (χ3v) is 4.39. The molecule has 3 aromatic rings. The van der Waals surface area contributed by atoms with E-state index < -0.39 is 5.92 Å². The van der Waals surface area contributed by atoms with Crippen molar-refractivity contribution in [2.24, 2.45) is 0 Å². The highest BCUT2D eigenvalue weighted by atomic mass is 19.1. The van der Waals surface area contributed by atoms with Gasteiger partial charge in [0.05, 0.1) is 18.5 Å². The molecule has 0 aliphatic carbocycles. The van der Waals surface area contributed by atoms with Gasteiger partial charge in [-0.1, -0.05) is 24.3 Å². The Hall–Kier alpha value is -3.15. The van der Waals surface area contributed by atoms with Gasteiger partial charge in [-0.05, 0) is 23.8 Å². The molecule has 1 aliphatic rings. The van der Waals surface area contributed by atoms with E-state index in [2.05, 4.69) is 10.3 Å². The Morgan fingerprint density at radius 1 is 1.24 bits per heavy atom. The zero-order chi connectivity index (χ0) is 17.4. The second-order valence-corrected chi connectivity index (χ2v) is 5.88. The van der Waals surface area contributed by atoms with Crippen LogP contribution in [0.1, 0.15) is 23.6 Å². The Kier molecular flexibility index (Phi) is 3.72. The van der Waals surface area contributed by atoms with Crippen molar-refractivity contribution in [1.82, 2.24) is 9.55 Å². The molecule has 1 aromatic heterocycles. The molecule has 0 fully saturated rings. The van der Waals surface area contributed by atoms with Crippen molar-refractivity contribution >= 4 is 11.7 Å². The molecular formula is C19H16FN3O2. The number of imidazole rings is 1. The van der Waals surface area contributed by atoms with Crippen molar-refractivity contribution in [3.63, 3.8) is 0 Å². The van der Waals surface area contributed by atoms with Gasteiger partial charge in [0.25, 0.3) is 0 Å². The number of rotatable bonds is 3. The number of hydrogen-bond acceptors (Lipinski definition) is 3. The van der Waals surface area contributed by atoms with Crippen LogP contribution in [0.5, 0.6) is 5.75 Å². The molecule has 1 unspecified atom stereocenters. The predicted octanol–water partition coefficient (Wildman–Crippen LogP) is 3.49. The summed E-state index contributed by atoms with van der Waals surface area (Å²) in [6.45, 7) is 0. The fourth-order valence-electron chi connectivity index (χ4n) is 3.18. The SMILES string of the molecule is COc1cccc(-n2cnc3c2NC(=O)CC3c2ccccc2F)c1. The van der Waals surface area contributed by atoms with Gasteiger partial charge in [-0.3, -0.25) is 9.36 Å². The first-order valence-electron chi connectivity index (χ1n) is 7.93. The van der Waals surface area contributed by atoms with E-state index in [1.54, 1.807) is 36.2 Å². The van der Waals surface area contributed by atoms with Crippen LogP contribution in [0.4, 0.5) is 10.2 Å². The summed E-state index contributed by atoms with van der Waals surface area (Å²) in [5, 5.41) is 2.86. The number of nitrogens with one attached hydrogen (secondary N) is 1. The van der Waals surface area contributed by atoms with E-state index in [1.165, 1.54) is 6.07 Å². The Morgan fingerprint density at radius 3 is 2.88 bits per heavy atom. The van der Waals surface area contributed by atoms with Gasteiger partial charge in [-0.2, -0.15) is 0 Å². The van der Waals surface area contributed by atoms with Crippen molar-refractivity contribution in [2.45, 2.75) is 12.3 Å². The van der Waals surface area contributed by atoms with Gasteiger partial charge in [-0.25, -0.2) is 9.37 Å². The molecule has 0 bridgehead atoms. The number of nitrogens with zero attached hydrogens (tertiary/aromatic N) is 2. The topological polar surface area (TPSA) is 56.1 Å². The molecule has 5 nitrogen and oxygen atoms in total. The van der Waals surface area contributed by atoms with Gasteiger partial charge in [0.1, 0.15) is 23.7 Å². The van der Waals surface area contributed by atoms with Crippen LogP contribution >= 0.6 is 0 Å². The van der Waals surface area contributed by atoms with Crippen LogP contribution in [-0.2, 0) is 4.79 Å². The van der Waals surface area contributed by atoms with Gasteiger partial charge in [-0.15, -0.1) is 0 Å². The quantitative estimate of drug-likeness (QED) is 0.796. The van der Waals surface area contributed by atoms with E-state index >= 15 is 0 Å². The van der Waals surface area contributed by atoms with E-state index in [0.29, 0.717) is 22.8 Å². The lowest BCUT2D eigenvalue weighted by Crippen LogP contribution is -2.25. The summed E-state index contributed by atoms with van der Waals surface area (Å²) in [5.74, 6) is 0.372. The number of methoxy groups -OCH3 is 1. The van der Waals surface area contributed by atoms with Crippen molar-refractivity contribution in [3.8, 4) is 11.4 Å². The molecule has 1 aliphatic heterocycles. The fraction of sp³-hybridized carbons (Fsp3) is 0.158. The minimum Gasteiger partial charge on any atom is -0.497 e. The third kappa shape index (κ3) is 2.65. The van der Waals surface area contributed by atoms with Gasteiger partial charge in [0.15, 0.2) is 0 Å². The summed E-state index contributed by atoms with van der Waals surface area (Å²) in [5.41, 5.74) is 1.95. The van der Waals surface area contributed by atoms with Crippen LogP contribution in [0.3, 0.4) is 0 Å². The summed E-state index contributed by atoms with van der Waals surface area (Å²) < 4.78 is 21.3. The van der Waals surface area contributed by atoms with Crippen LogP contribution in [0, 0.1) is 5.82 Å². The maximum absolute atomic E-state index is 14.2. The lowest BCUT2D eigenvalue weighted by molar-refractivity contribution is -0.116. The lowest BCUT2D eigenvalue weighted by Gasteiger charge is -2.23. The fourth-order valence-corrected chi connectivity index (χ4v) is 3.18. The molecule has 25 heavy (non-hydrogen) atoms. The van der Waals surface area contributed by atoms with Crippen LogP contribution in [0.2, 0.25) is 0 Å². The number of ether oxygens (including phenoxy) is 1. The molecule has 0 saturated carbocycles. The maximum Gasteiger partial charge on any atom is 0.226 e. The van der Waals surface area contributed by atoms with Crippen LogP contribution in [0.15, 0.2) is 54.9 Å². The standard InChI is InChI=1S/C19H16FN3O2/c1-25-13-6-4-5-12(9-13)23-11-21-18-15(10-17(24)22-19(18)23)14-7-2-3-8-16(14)20/h2-9,11,15H,10H2,1H3,(H,22,24). The Morgan fingerprint density at radius 2 is 2.08 bits per heavy atom. The summed E-state index contributed by atoms with van der Waals surface area (Å²) in [6.07, 6.45) is 1.81. The minimum atomic E-state index is -0.406. The summed E-state index contributed by atoms with van der Waals surface area (Å²) in [6, 6.07) is 14.0. The van der Waals surface area contributed by atoms with Crippen molar-refractivity contribution in [2.75, 3.05) is 12.4 Å². The molecule has 126 valence electrons. The zero-order valence-corrected chi connectivity index (χ0v) is 13.6. The molecule has 0 spiro atoms. The monoisotopic (exact) mass is 337 g/mol. The predicted molar refractivity (Wildman–Crippen MR) is 91.6 cm³/mol. The highest BCUT2D eigenvalue weighted by Gasteiger charge is 2.32. The Balaban J connectivity index is 1.83. The third-order valence-electron chi connectivity index (χ3n) is 4.39. The van der Waals surface area contributed by atoms with Crippen LogP contribution < -0.4 is 10.1 Å². The van der Waals surface area contributed by atoms with E-state index in [1.807, 2.05) is 24.3 Å². The largest absolute Gasteiger partial charge is 0.497 e. The molecule has 6 heteroatoms. The Bertz CT molecular complexity index is 951. The van der Waals surface area contributed by atoms with E-state index in [9.17, 15) is 9.18 Å². The Labute approximate surface area is 144 Å². The average molecular weight is 337 g/mol. The number of amides is 1. The minimum absolute atomic E-state index is 0.162. The van der Waals surface area contributed by atoms with E-state index in [-0.39, 0.29) is 18.1 Å². The molecule has 1 amide bonds. The molecule has 1 N–H and O–H groups in total. The van der Waals surface area contributed by atoms with Crippen molar-refractivity contribution < 1.29 is 13.9 Å². The first-order valence-corrected chi connectivity index (χ1v) is 7.93. The average Bonchev–Trinajstić information content (AvgIpc) is 3.05. The summed E-state index contributed by atoms with van der Waals surface area (Å²) >= 11 is 0. The summed E-state index contributed by atoms with van der Waals surface area (Å²) in [4.78, 5) is 16.7. The smallest absolute Gasteiger partial charge is 0.226 e. The van der Waals surface area contributed by atoms with Gasteiger partial charge in [0, 0.05) is 18.4 Å². The molecular weight excluding hydrogens is 321 g/mol. The first-order chi connectivity index (χ1) is 12.2. The van der Waals surface area contributed by atoms with E-state index in [0.717, 1.165) is 5.69 Å². The lowest BCUT2D eigenvalue weighted by atomic mass is 9.89. The van der Waals surface area contributed by atoms with Crippen molar-refractivity contribution in [1.29, 1.82) is 0 Å². The normalized spacial score (nSPS) is 16.2. The number of halogens is 1. The number of fused-ring (bicyclic) bond motifs is 1. The van der Waals surface area contributed by atoms with Crippen molar-refractivity contribution in [3.05, 3.63) is 71.9 Å². The van der Waals surface area contributed by atoms with Crippen LogP contribution in [-0.4, -0.2) is 22.6 Å². The number of carbonyl (C=O) groups is 1. The molecule has 2 heterocycles. The maximum atomic E-state index is 14.2. The van der Waals surface area contributed by atoms with Gasteiger partial charge < -0.3 is 10.1 Å². The van der Waals surface area contributed by atoms with Crippen LogP contribution in [0.25, 0.3) is 5.69 Å². The summed E-state index contributed by atoms with van der Waals surface area (Å²) in [7, 11) is 1.60. The number of aromatic nitrogens is 2. The molecule has 0 saturated heterocycles. The molecule has 0 radical (unpaired) electrons. The van der Waals surface area contributed by atoms with Gasteiger partial charge >= 0.3 is 0 Å². The first kappa shape index (κ1) is 15.4. The molecule has 4 rings (SSSR count). The number of anilines is 1. The number of hydrogen-bond donors (Lipinski definition) is 1. The zero-order valence-electron chi connectivity index (χ0n) is 13.6. The molecule has 1 atom stereocenters. The number of carbonyl (C=O) groups excluding carboxylic acids is 1. The second kappa shape index (κ2) is 6.05.